The third-order valence-electron chi connectivity index (χ3n) is 3.76. The molecule has 2 aromatic carbocycles. The predicted molar refractivity (Wildman–Crippen MR) is 117 cm³/mol. The molecule has 0 saturated carbocycles. The van der Waals surface area contributed by atoms with E-state index in [1.165, 1.54) is 30.3 Å². The van der Waals surface area contributed by atoms with Crippen molar-refractivity contribution in [1.29, 1.82) is 0 Å². The molecule has 0 radical (unpaired) electrons. The summed E-state index contributed by atoms with van der Waals surface area (Å²) < 4.78 is 18.6. The number of rotatable bonds is 8. The van der Waals surface area contributed by atoms with Gasteiger partial charge in [-0.3, -0.25) is 25.8 Å². The molecular formula is C18H12Cl3FN6O4. The molecule has 32 heavy (non-hydrogen) atoms. The molecule has 0 aliphatic carbocycles. The third kappa shape index (κ3) is 5.84. The van der Waals surface area contributed by atoms with E-state index in [9.17, 15) is 19.3 Å². The highest BCUT2D eigenvalue weighted by molar-refractivity contribution is 6.35. The monoisotopic (exact) mass is 500 g/mol. The summed E-state index contributed by atoms with van der Waals surface area (Å²) in [5, 5.41) is 14.7. The van der Waals surface area contributed by atoms with Gasteiger partial charge in [-0.05, 0) is 36.4 Å². The number of carbonyl (C=O) groups is 1. The zero-order chi connectivity index (χ0) is 23.3. The fourth-order valence-electron chi connectivity index (χ4n) is 2.35. The van der Waals surface area contributed by atoms with Crippen molar-refractivity contribution in [3.8, 4) is 5.75 Å². The standard InChI is InChI=1S/C18H12Cl3FN6O4/c19-9-1-4-14(12(21)5-9)32-7-15(29)26-27-18-16(28(30)31)17(23-8-24-18)25-10-2-3-13(22)11(20)6-10/h1-6,8H,7H2,(H,26,29)(H2,23,24,25,27). The SMILES string of the molecule is O=C(COc1ccc(Cl)cc1Cl)NNc1ncnc(Nc2ccc(F)c(Cl)c2)c1[N+](=O)[O-]. The Kier molecular flexibility index (Phi) is 7.46. The lowest BCUT2D eigenvalue weighted by atomic mass is 10.3. The van der Waals surface area contributed by atoms with E-state index in [2.05, 4.69) is 26.1 Å². The molecule has 0 atom stereocenters. The van der Waals surface area contributed by atoms with Crippen molar-refractivity contribution in [2.75, 3.05) is 17.3 Å². The normalized spacial score (nSPS) is 10.4. The molecular weight excluding hydrogens is 490 g/mol. The van der Waals surface area contributed by atoms with Gasteiger partial charge in [0.1, 0.15) is 17.9 Å². The highest BCUT2D eigenvalue weighted by atomic mass is 35.5. The van der Waals surface area contributed by atoms with Crippen LogP contribution in [0.15, 0.2) is 42.7 Å². The molecule has 1 amide bonds. The van der Waals surface area contributed by atoms with Gasteiger partial charge in [0.05, 0.1) is 15.0 Å². The molecule has 1 aromatic heterocycles. The number of carbonyl (C=O) groups excluding carboxylic acids is 1. The summed E-state index contributed by atoms with van der Waals surface area (Å²) in [6, 6.07) is 8.11. The number of halogens is 4. The average Bonchev–Trinajstić information content (AvgIpc) is 2.74. The van der Waals surface area contributed by atoms with Crippen LogP contribution in [0, 0.1) is 15.9 Å². The van der Waals surface area contributed by atoms with Gasteiger partial charge in [0.15, 0.2) is 6.61 Å². The number of hydrazine groups is 1. The molecule has 0 saturated heterocycles. The molecule has 3 N–H and O–H groups in total. The summed E-state index contributed by atoms with van der Waals surface area (Å²) in [7, 11) is 0. The quantitative estimate of drug-likeness (QED) is 0.298. The van der Waals surface area contributed by atoms with Crippen LogP contribution in [-0.4, -0.2) is 27.4 Å². The number of anilines is 3. The van der Waals surface area contributed by atoms with Gasteiger partial charge in [-0.15, -0.1) is 0 Å². The molecule has 3 aromatic rings. The van der Waals surface area contributed by atoms with Crippen molar-refractivity contribution >= 4 is 63.7 Å². The Morgan fingerprint density at radius 2 is 1.84 bits per heavy atom. The maximum Gasteiger partial charge on any atom is 0.355 e. The Labute approximate surface area is 194 Å². The Morgan fingerprint density at radius 1 is 1.09 bits per heavy atom. The van der Waals surface area contributed by atoms with Crippen molar-refractivity contribution in [1.82, 2.24) is 15.4 Å². The molecule has 10 nitrogen and oxygen atoms in total. The van der Waals surface area contributed by atoms with E-state index in [-0.39, 0.29) is 33.1 Å². The van der Waals surface area contributed by atoms with Crippen molar-refractivity contribution in [3.63, 3.8) is 0 Å². The first-order valence-electron chi connectivity index (χ1n) is 8.58. The van der Waals surface area contributed by atoms with Gasteiger partial charge in [0.25, 0.3) is 5.91 Å². The molecule has 0 aliphatic rings. The van der Waals surface area contributed by atoms with E-state index < -0.39 is 28.9 Å². The smallest absolute Gasteiger partial charge is 0.355 e. The zero-order valence-electron chi connectivity index (χ0n) is 15.7. The average molecular weight is 502 g/mol. The second kappa shape index (κ2) is 10.3. The Hall–Kier alpha value is -3.41. The van der Waals surface area contributed by atoms with E-state index in [1.54, 1.807) is 0 Å². The minimum absolute atomic E-state index is 0.182. The first-order chi connectivity index (χ1) is 15.2. The third-order valence-corrected chi connectivity index (χ3v) is 4.58. The highest BCUT2D eigenvalue weighted by Crippen LogP contribution is 2.32. The predicted octanol–water partition coefficient (Wildman–Crippen LogP) is 4.75. The number of aromatic nitrogens is 2. The fraction of sp³-hybridized carbons (Fsp3) is 0.0556. The Balaban J connectivity index is 1.69. The summed E-state index contributed by atoms with van der Waals surface area (Å²) in [5.74, 6) is -1.62. The van der Waals surface area contributed by atoms with Gasteiger partial charge < -0.3 is 10.1 Å². The highest BCUT2D eigenvalue weighted by Gasteiger charge is 2.24. The van der Waals surface area contributed by atoms with E-state index >= 15 is 0 Å². The van der Waals surface area contributed by atoms with Crippen LogP contribution in [0.1, 0.15) is 0 Å². The van der Waals surface area contributed by atoms with Crippen molar-refractivity contribution in [3.05, 3.63) is 73.7 Å². The number of hydrogen-bond acceptors (Lipinski definition) is 8. The molecule has 0 fully saturated rings. The van der Waals surface area contributed by atoms with Crippen LogP contribution in [0.3, 0.4) is 0 Å². The van der Waals surface area contributed by atoms with Gasteiger partial charge in [-0.1, -0.05) is 34.8 Å². The summed E-state index contributed by atoms with van der Waals surface area (Å²) in [4.78, 5) is 30.5. The van der Waals surface area contributed by atoms with Gasteiger partial charge in [0.2, 0.25) is 11.6 Å². The number of hydrogen-bond donors (Lipinski definition) is 3. The van der Waals surface area contributed by atoms with Crippen LogP contribution in [0.2, 0.25) is 15.1 Å². The molecule has 0 aliphatic heterocycles. The molecule has 3 rings (SSSR count). The van der Waals surface area contributed by atoms with Crippen LogP contribution in [-0.2, 0) is 4.79 Å². The first-order valence-corrected chi connectivity index (χ1v) is 9.72. The first kappa shape index (κ1) is 23.3. The molecule has 1 heterocycles. The maximum atomic E-state index is 13.3. The molecule has 0 bridgehead atoms. The van der Waals surface area contributed by atoms with Gasteiger partial charge in [-0.2, -0.15) is 0 Å². The summed E-state index contributed by atoms with van der Waals surface area (Å²) >= 11 is 17.5. The van der Waals surface area contributed by atoms with Gasteiger partial charge in [-0.25, -0.2) is 14.4 Å². The number of nitrogens with one attached hydrogen (secondary N) is 3. The molecule has 166 valence electrons. The summed E-state index contributed by atoms with van der Waals surface area (Å²) in [5.41, 5.74) is 4.25. The number of benzene rings is 2. The fourth-order valence-corrected chi connectivity index (χ4v) is 2.99. The van der Waals surface area contributed by atoms with Crippen LogP contribution in [0.5, 0.6) is 5.75 Å². The lowest BCUT2D eigenvalue weighted by Gasteiger charge is -2.12. The molecule has 14 heteroatoms. The number of amides is 1. The largest absolute Gasteiger partial charge is 0.482 e. The Bertz CT molecular complexity index is 1180. The second-order valence-corrected chi connectivity index (χ2v) is 7.22. The van der Waals surface area contributed by atoms with Gasteiger partial charge >= 0.3 is 5.69 Å². The van der Waals surface area contributed by atoms with Crippen LogP contribution in [0.25, 0.3) is 0 Å². The lowest BCUT2D eigenvalue weighted by molar-refractivity contribution is -0.383. The van der Waals surface area contributed by atoms with Crippen LogP contribution >= 0.6 is 34.8 Å². The second-order valence-electron chi connectivity index (χ2n) is 5.97. The van der Waals surface area contributed by atoms with E-state index in [4.69, 9.17) is 39.5 Å². The van der Waals surface area contributed by atoms with E-state index in [0.29, 0.717) is 5.02 Å². The van der Waals surface area contributed by atoms with Crippen molar-refractivity contribution in [2.45, 2.75) is 0 Å². The van der Waals surface area contributed by atoms with E-state index in [0.717, 1.165) is 12.4 Å². The number of nitrogens with zero attached hydrogens (tertiary/aromatic N) is 3. The minimum Gasteiger partial charge on any atom is -0.482 e. The molecule has 0 spiro atoms. The summed E-state index contributed by atoms with van der Waals surface area (Å²) in [6.07, 6.45) is 1.03. The van der Waals surface area contributed by atoms with Crippen molar-refractivity contribution < 1.29 is 18.8 Å². The number of nitro groups is 1. The minimum atomic E-state index is -0.758. The topological polar surface area (TPSA) is 131 Å². The molecule has 0 unspecified atom stereocenters. The van der Waals surface area contributed by atoms with Crippen LogP contribution < -0.4 is 20.9 Å². The van der Waals surface area contributed by atoms with Crippen molar-refractivity contribution in [2.24, 2.45) is 0 Å². The number of ether oxygens (including phenoxy) is 1. The van der Waals surface area contributed by atoms with Crippen LogP contribution in [0.4, 0.5) is 27.4 Å². The lowest BCUT2D eigenvalue weighted by Crippen LogP contribution is -2.34. The van der Waals surface area contributed by atoms with E-state index in [1.807, 2.05) is 0 Å². The van der Waals surface area contributed by atoms with Gasteiger partial charge in [0, 0.05) is 10.7 Å². The maximum absolute atomic E-state index is 13.3. The zero-order valence-corrected chi connectivity index (χ0v) is 18.0. The summed E-state index contributed by atoms with van der Waals surface area (Å²) in [6.45, 7) is -0.452. The Morgan fingerprint density at radius 3 is 2.53 bits per heavy atom.